The molecule has 21 heavy (non-hydrogen) atoms. The SMILES string of the molecule is CCCCCCCCCC[N+](C)(C)C(=O)c1ccccc1. The van der Waals surface area contributed by atoms with Gasteiger partial charge in [-0.05, 0) is 25.0 Å². The number of hydrogen-bond donors (Lipinski definition) is 0. The lowest BCUT2D eigenvalue weighted by Gasteiger charge is -2.26. The predicted octanol–water partition coefficient (Wildman–Crippen LogP) is 5.04. The van der Waals surface area contributed by atoms with Crippen LogP contribution in [0, 0.1) is 0 Å². The average molecular weight is 290 g/mol. The third-order valence-electron chi connectivity index (χ3n) is 4.14. The van der Waals surface area contributed by atoms with Gasteiger partial charge in [-0.2, -0.15) is 0 Å². The smallest absolute Gasteiger partial charge is 0.261 e. The van der Waals surface area contributed by atoms with Gasteiger partial charge in [-0.3, -0.25) is 4.48 Å². The first-order chi connectivity index (χ1) is 10.1. The van der Waals surface area contributed by atoms with Crippen LogP contribution in [0.5, 0.6) is 0 Å². The van der Waals surface area contributed by atoms with Crippen molar-refractivity contribution in [2.45, 2.75) is 58.3 Å². The summed E-state index contributed by atoms with van der Waals surface area (Å²) >= 11 is 0. The summed E-state index contributed by atoms with van der Waals surface area (Å²) in [6, 6.07) is 9.65. The highest BCUT2D eigenvalue weighted by Gasteiger charge is 2.26. The Morgan fingerprint density at radius 1 is 0.857 bits per heavy atom. The van der Waals surface area contributed by atoms with Crippen LogP contribution in [0.25, 0.3) is 0 Å². The van der Waals surface area contributed by atoms with Crippen molar-refractivity contribution in [3.8, 4) is 0 Å². The van der Waals surface area contributed by atoms with Crippen LogP contribution in [0.1, 0.15) is 68.6 Å². The first-order valence-corrected chi connectivity index (χ1v) is 8.51. The molecular weight excluding hydrogens is 258 g/mol. The Labute approximate surface area is 130 Å². The molecule has 0 heterocycles. The Bertz CT molecular complexity index is 397. The van der Waals surface area contributed by atoms with Crippen molar-refractivity contribution in [1.29, 1.82) is 0 Å². The maximum atomic E-state index is 12.5. The van der Waals surface area contributed by atoms with Gasteiger partial charge >= 0.3 is 5.91 Å². The summed E-state index contributed by atoms with van der Waals surface area (Å²) in [4.78, 5) is 12.5. The van der Waals surface area contributed by atoms with Crippen molar-refractivity contribution in [3.05, 3.63) is 35.9 Å². The van der Waals surface area contributed by atoms with Gasteiger partial charge in [0.15, 0.2) is 0 Å². The zero-order chi connectivity index (χ0) is 15.6. The van der Waals surface area contributed by atoms with E-state index in [1.54, 1.807) is 0 Å². The van der Waals surface area contributed by atoms with Crippen molar-refractivity contribution in [2.24, 2.45) is 0 Å². The lowest BCUT2D eigenvalue weighted by atomic mass is 10.1. The summed E-state index contributed by atoms with van der Waals surface area (Å²) in [5.41, 5.74) is 0.821. The van der Waals surface area contributed by atoms with Gasteiger partial charge in [0.05, 0.1) is 26.2 Å². The van der Waals surface area contributed by atoms with E-state index in [4.69, 9.17) is 0 Å². The number of carbonyl (C=O) groups is 1. The van der Waals surface area contributed by atoms with Gasteiger partial charge in [-0.15, -0.1) is 0 Å². The van der Waals surface area contributed by atoms with Gasteiger partial charge < -0.3 is 0 Å². The quantitative estimate of drug-likeness (QED) is 0.435. The Hall–Kier alpha value is -1.15. The number of quaternary nitrogens is 1. The van der Waals surface area contributed by atoms with Crippen LogP contribution in [-0.4, -0.2) is 31.0 Å². The molecule has 0 aliphatic carbocycles. The molecule has 1 aromatic rings. The zero-order valence-electron chi connectivity index (χ0n) is 14.1. The molecule has 1 amide bonds. The maximum absolute atomic E-state index is 12.5. The number of rotatable bonds is 10. The van der Waals surface area contributed by atoms with Gasteiger partial charge in [0.2, 0.25) is 0 Å². The van der Waals surface area contributed by atoms with Crippen LogP contribution < -0.4 is 0 Å². The Kier molecular flexibility index (Phi) is 8.29. The highest BCUT2D eigenvalue weighted by Crippen LogP contribution is 2.13. The molecule has 0 unspecified atom stereocenters. The molecule has 0 radical (unpaired) electrons. The molecule has 0 spiro atoms. The largest absolute Gasteiger partial charge is 0.345 e. The normalized spacial score (nSPS) is 11.6. The first-order valence-electron chi connectivity index (χ1n) is 8.51. The summed E-state index contributed by atoms with van der Waals surface area (Å²) in [6.07, 6.45) is 10.5. The summed E-state index contributed by atoms with van der Waals surface area (Å²) in [7, 11) is 4.05. The minimum Gasteiger partial charge on any atom is -0.261 e. The minimum atomic E-state index is 0.221. The molecule has 0 aromatic heterocycles. The first kappa shape index (κ1) is 17.9. The standard InChI is InChI=1S/C19H32NO/c1-4-5-6-7-8-9-10-14-17-20(2,3)19(21)18-15-12-11-13-16-18/h11-13,15-16H,4-10,14,17H2,1-3H3/q+1. The second-order valence-corrected chi connectivity index (χ2v) is 6.55. The maximum Gasteiger partial charge on any atom is 0.345 e. The van der Waals surface area contributed by atoms with Crippen molar-refractivity contribution in [3.63, 3.8) is 0 Å². The van der Waals surface area contributed by atoms with E-state index in [1.165, 1.54) is 44.9 Å². The van der Waals surface area contributed by atoms with Gasteiger partial charge in [0.1, 0.15) is 0 Å². The summed E-state index contributed by atoms with van der Waals surface area (Å²) < 4.78 is 0.458. The molecular formula is C19H32NO+. The Balaban J connectivity index is 2.22. The Morgan fingerprint density at radius 2 is 1.38 bits per heavy atom. The van der Waals surface area contributed by atoms with Crippen LogP contribution in [-0.2, 0) is 0 Å². The zero-order valence-corrected chi connectivity index (χ0v) is 14.1. The molecule has 0 fully saturated rings. The van der Waals surface area contributed by atoms with E-state index in [0.717, 1.165) is 18.5 Å². The lowest BCUT2D eigenvalue weighted by Crippen LogP contribution is -2.46. The van der Waals surface area contributed by atoms with Crippen molar-refractivity contribution >= 4 is 5.91 Å². The van der Waals surface area contributed by atoms with E-state index in [9.17, 15) is 4.79 Å². The topological polar surface area (TPSA) is 17.1 Å². The predicted molar refractivity (Wildman–Crippen MR) is 90.4 cm³/mol. The molecule has 118 valence electrons. The van der Waals surface area contributed by atoms with Crippen LogP contribution in [0.4, 0.5) is 0 Å². The number of amides is 1. The van der Waals surface area contributed by atoms with Gasteiger partial charge in [-0.1, -0.05) is 63.6 Å². The van der Waals surface area contributed by atoms with E-state index >= 15 is 0 Å². The third kappa shape index (κ3) is 6.90. The van der Waals surface area contributed by atoms with Crippen molar-refractivity contribution < 1.29 is 9.28 Å². The molecule has 2 heteroatoms. The highest BCUT2D eigenvalue weighted by molar-refractivity contribution is 5.88. The number of benzene rings is 1. The Morgan fingerprint density at radius 3 is 1.95 bits per heavy atom. The number of nitrogens with zero attached hydrogens (tertiary/aromatic N) is 1. The van der Waals surface area contributed by atoms with Crippen LogP contribution in [0.3, 0.4) is 0 Å². The van der Waals surface area contributed by atoms with Gasteiger partial charge in [0.25, 0.3) is 0 Å². The monoisotopic (exact) mass is 290 g/mol. The fourth-order valence-corrected chi connectivity index (χ4v) is 2.67. The van der Waals surface area contributed by atoms with E-state index in [1.807, 2.05) is 44.4 Å². The van der Waals surface area contributed by atoms with Gasteiger partial charge in [0, 0.05) is 0 Å². The number of unbranched alkanes of at least 4 members (excludes halogenated alkanes) is 7. The molecule has 0 aliphatic heterocycles. The molecule has 0 saturated carbocycles. The van der Waals surface area contributed by atoms with E-state index < -0.39 is 0 Å². The molecule has 0 saturated heterocycles. The van der Waals surface area contributed by atoms with E-state index in [2.05, 4.69) is 6.92 Å². The van der Waals surface area contributed by atoms with E-state index in [-0.39, 0.29) is 5.91 Å². The molecule has 2 nitrogen and oxygen atoms in total. The minimum absolute atomic E-state index is 0.221. The summed E-state index contributed by atoms with van der Waals surface area (Å²) in [5, 5.41) is 0. The van der Waals surface area contributed by atoms with Crippen molar-refractivity contribution in [2.75, 3.05) is 20.6 Å². The molecule has 0 bridgehead atoms. The highest BCUT2D eigenvalue weighted by atomic mass is 16.2. The fourth-order valence-electron chi connectivity index (χ4n) is 2.67. The molecule has 1 aromatic carbocycles. The molecule has 0 atom stereocenters. The van der Waals surface area contributed by atoms with Crippen LogP contribution >= 0.6 is 0 Å². The summed E-state index contributed by atoms with van der Waals surface area (Å²) in [5.74, 6) is 0.221. The molecule has 1 rings (SSSR count). The van der Waals surface area contributed by atoms with Crippen LogP contribution in [0.2, 0.25) is 0 Å². The van der Waals surface area contributed by atoms with Crippen molar-refractivity contribution in [1.82, 2.24) is 0 Å². The average Bonchev–Trinajstić information content (AvgIpc) is 2.50. The molecule has 0 N–H and O–H groups in total. The third-order valence-corrected chi connectivity index (χ3v) is 4.14. The lowest BCUT2D eigenvalue weighted by molar-refractivity contribution is -0.807. The fraction of sp³-hybridized carbons (Fsp3) is 0.632. The van der Waals surface area contributed by atoms with E-state index in [0.29, 0.717) is 4.48 Å². The summed E-state index contributed by atoms with van der Waals surface area (Å²) in [6.45, 7) is 3.19. The number of carbonyl (C=O) groups excluding carboxylic acids is 1. The number of hydrogen-bond acceptors (Lipinski definition) is 1. The van der Waals surface area contributed by atoms with Crippen LogP contribution in [0.15, 0.2) is 30.3 Å². The second-order valence-electron chi connectivity index (χ2n) is 6.55. The molecule has 0 aliphatic rings. The van der Waals surface area contributed by atoms with Gasteiger partial charge in [-0.25, -0.2) is 4.79 Å². The second kappa shape index (κ2) is 9.73.